The zero-order valence-electron chi connectivity index (χ0n) is 9.24. The summed E-state index contributed by atoms with van der Waals surface area (Å²) in [6, 6.07) is 7.33. The van der Waals surface area contributed by atoms with E-state index in [-0.39, 0.29) is 24.4 Å². The molecule has 0 fully saturated rings. The Balaban J connectivity index is 0.00000225. The van der Waals surface area contributed by atoms with Crippen LogP contribution in [0.2, 0.25) is 0 Å². The Labute approximate surface area is 110 Å². The predicted molar refractivity (Wildman–Crippen MR) is 71.6 cm³/mol. The third-order valence-electron chi connectivity index (χ3n) is 2.12. The molecule has 0 aliphatic carbocycles. The molecule has 16 heavy (non-hydrogen) atoms. The maximum absolute atomic E-state index is 11.4. The molecule has 5 heteroatoms. The Morgan fingerprint density at radius 1 is 1.44 bits per heavy atom. The lowest BCUT2D eigenvalue weighted by atomic mass is 10.1. The van der Waals surface area contributed by atoms with Crippen molar-refractivity contribution in [3.8, 4) is 0 Å². The van der Waals surface area contributed by atoms with E-state index in [2.05, 4.69) is 21.2 Å². The quantitative estimate of drug-likeness (QED) is 0.901. The molecule has 0 bridgehead atoms. The molecule has 3 nitrogen and oxygen atoms in total. The molecule has 1 aromatic carbocycles. The minimum atomic E-state index is -0.473. The van der Waals surface area contributed by atoms with Crippen molar-refractivity contribution in [2.24, 2.45) is 5.73 Å². The zero-order valence-corrected chi connectivity index (χ0v) is 11.6. The standard InChI is InChI=1S/C11H15BrN2O.ClH/c1-7(13)11(15)14-8(2)9-4-3-5-10(12)6-9;/h3-8H,13H2,1-2H3,(H,14,15);1H/t7-,8?;/m0./s1. The molecule has 90 valence electrons. The van der Waals surface area contributed by atoms with Crippen molar-refractivity contribution in [2.75, 3.05) is 0 Å². The second kappa shape index (κ2) is 6.89. The number of rotatable bonds is 3. The number of hydrogen-bond donors (Lipinski definition) is 2. The van der Waals surface area contributed by atoms with E-state index in [0.717, 1.165) is 10.0 Å². The third kappa shape index (κ3) is 4.51. The zero-order chi connectivity index (χ0) is 11.4. The molecular weight excluding hydrogens is 291 g/mol. The molecule has 1 unspecified atom stereocenters. The third-order valence-corrected chi connectivity index (χ3v) is 2.61. The number of nitrogens with two attached hydrogens (primary N) is 1. The highest BCUT2D eigenvalue weighted by Gasteiger charge is 2.12. The second-order valence-corrected chi connectivity index (χ2v) is 4.49. The molecule has 1 rings (SSSR count). The number of carbonyl (C=O) groups excluding carboxylic acids is 1. The first-order valence-corrected chi connectivity index (χ1v) is 5.61. The van der Waals surface area contributed by atoms with Gasteiger partial charge >= 0.3 is 0 Å². The monoisotopic (exact) mass is 306 g/mol. The fraction of sp³-hybridized carbons (Fsp3) is 0.364. The van der Waals surface area contributed by atoms with E-state index in [1.807, 2.05) is 31.2 Å². The Kier molecular flexibility index (Phi) is 6.64. The van der Waals surface area contributed by atoms with Crippen molar-refractivity contribution < 1.29 is 4.79 Å². The van der Waals surface area contributed by atoms with Crippen molar-refractivity contribution in [1.29, 1.82) is 0 Å². The number of hydrogen-bond acceptors (Lipinski definition) is 2. The van der Waals surface area contributed by atoms with Gasteiger partial charge in [0.05, 0.1) is 12.1 Å². The van der Waals surface area contributed by atoms with Crippen LogP contribution in [0.4, 0.5) is 0 Å². The predicted octanol–water partition coefficient (Wildman–Crippen LogP) is 2.40. The minimum Gasteiger partial charge on any atom is -0.348 e. The van der Waals surface area contributed by atoms with E-state index in [4.69, 9.17) is 5.73 Å². The molecule has 0 aliphatic rings. The highest BCUT2D eigenvalue weighted by molar-refractivity contribution is 9.10. The molecule has 0 radical (unpaired) electrons. The highest BCUT2D eigenvalue weighted by atomic mass is 79.9. The van der Waals surface area contributed by atoms with Crippen LogP contribution in [0.3, 0.4) is 0 Å². The Morgan fingerprint density at radius 3 is 2.56 bits per heavy atom. The summed E-state index contributed by atoms with van der Waals surface area (Å²) >= 11 is 3.39. The van der Waals surface area contributed by atoms with Gasteiger partial charge in [-0.2, -0.15) is 0 Å². The maximum atomic E-state index is 11.4. The van der Waals surface area contributed by atoms with Crippen LogP contribution in [0.25, 0.3) is 0 Å². The molecule has 0 saturated heterocycles. The van der Waals surface area contributed by atoms with Gasteiger partial charge in [0.25, 0.3) is 0 Å². The first kappa shape index (κ1) is 15.4. The van der Waals surface area contributed by atoms with Gasteiger partial charge in [-0.15, -0.1) is 12.4 Å². The van der Waals surface area contributed by atoms with Crippen molar-refractivity contribution in [3.05, 3.63) is 34.3 Å². The average Bonchev–Trinajstić information content (AvgIpc) is 2.17. The molecule has 3 N–H and O–H groups in total. The lowest BCUT2D eigenvalue weighted by Gasteiger charge is -2.16. The van der Waals surface area contributed by atoms with Crippen LogP contribution in [0.15, 0.2) is 28.7 Å². The molecule has 2 atom stereocenters. The van der Waals surface area contributed by atoms with Crippen LogP contribution < -0.4 is 11.1 Å². The van der Waals surface area contributed by atoms with Gasteiger partial charge in [-0.25, -0.2) is 0 Å². The largest absolute Gasteiger partial charge is 0.348 e. The Morgan fingerprint density at radius 2 is 2.06 bits per heavy atom. The van der Waals surface area contributed by atoms with Crippen LogP contribution in [0.1, 0.15) is 25.5 Å². The summed E-state index contributed by atoms with van der Waals surface area (Å²) in [5, 5.41) is 2.84. The maximum Gasteiger partial charge on any atom is 0.237 e. The lowest BCUT2D eigenvalue weighted by molar-refractivity contribution is -0.122. The van der Waals surface area contributed by atoms with E-state index in [0.29, 0.717) is 0 Å². The summed E-state index contributed by atoms with van der Waals surface area (Å²) in [5.74, 6) is -0.137. The lowest BCUT2D eigenvalue weighted by Crippen LogP contribution is -2.39. The first-order valence-electron chi connectivity index (χ1n) is 4.82. The first-order chi connectivity index (χ1) is 7.00. The van der Waals surface area contributed by atoms with Gasteiger partial charge in [0.2, 0.25) is 5.91 Å². The van der Waals surface area contributed by atoms with Crippen molar-refractivity contribution in [2.45, 2.75) is 25.9 Å². The summed E-state index contributed by atoms with van der Waals surface area (Å²) in [5.41, 5.74) is 6.52. The molecule has 1 aromatic rings. The molecule has 0 heterocycles. The Hall–Kier alpha value is -0.580. The summed E-state index contributed by atoms with van der Waals surface area (Å²) in [6.07, 6.45) is 0. The van der Waals surface area contributed by atoms with Gasteiger partial charge in [0.1, 0.15) is 0 Å². The van der Waals surface area contributed by atoms with Crippen LogP contribution >= 0.6 is 28.3 Å². The fourth-order valence-corrected chi connectivity index (χ4v) is 1.62. The Bertz CT molecular complexity index is 358. The molecule has 0 saturated carbocycles. The number of nitrogens with one attached hydrogen (secondary N) is 1. The number of benzene rings is 1. The van der Waals surface area contributed by atoms with Crippen molar-refractivity contribution in [1.82, 2.24) is 5.32 Å². The topological polar surface area (TPSA) is 55.1 Å². The summed E-state index contributed by atoms with van der Waals surface area (Å²) in [4.78, 5) is 11.4. The van der Waals surface area contributed by atoms with E-state index in [9.17, 15) is 4.79 Å². The van der Waals surface area contributed by atoms with Crippen LogP contribution in [0, 0.1) is 0 Å². The number of carbonyl (C=O) groups is 1. The van der Waals surface area contributed by atoms with Crippen LogP contribution in [-0.4, -0.2) is 11.9 Å². The van der Waals surface area contributed by atoms with Gasteiger partial charge < -0.3 is 11.1 Å². The van der Waals surface area contributed by atoms with Gasteiger partial charge in [-0.05, 0) is 31.5 Å². The minimum absolute atomic E-state index is 0. The van der Waals surface area contributed by atoms with Gasteiger partial charge in [0.15, 0.2) is 0 Å². The van der Waals surface area contributed by atoms with E-state index >= 15 is 0 Å². The molecule has 1 amide bonds. The molecular formula is C11H16BrClN2O. The fourth-order valence-electron chi connectivity index (χ4n) is 1.20. The van der Waals surface area contributed by atoms with E-state index < -0.39 is 6.04 Å². The molecule has 0 aliphatic heterocycles. The summed E-state index contributed by atoms with van der Waals surface area (Å²) in [6.45, 7) is 3.60. The summed E-state index contributed by atoms with van der Waals surface area (Å²) in [7, 11) is 0. The highest BCUT2D eigenvalue weighted by Crippen LogP contribution is 2.17. The SMILES string of the molecule is CC(NC(=O)[C@H](C)N)c1cccc(Br)c1.Cl. The number of halogens is 2. The van der Waals surface area contributed by atoms with Gasteiger partial charge in [-0.3, -0.25) is 4.79 Å². The normalized spacial score (nSPS) is 13.5. The van der Waals surface area contributed by atoms with Crippen molar-refractivity contribution >= 4 is 34.2 Å². The number of amides is 1. The van der Waals surface area contributed by atoms with E-state index in [1.54, 1.807) is 6.92 Å². The average molecular weight is 308 g/mol. The van der Waals surface area contributed by atoms with Gasteiger partial charge in [-0.1, -0.05) is 28.1 Å². The van der Waals surface area contributed by atoms with Crippen LogP contribution in [-0.2, 0) is 4.79 Å². The second-order valence-electron chi connectivity index (χ2n) is 3.57. The molecule has 0 aromatic heterocycles. The smallest absolute Gasteiger partial charge is 0.237 e. The summed E-state index contributed by atoms with van der Waals surface area (Å²) < 4.78 is 1.00. The van der Waals surface area contributed by atoms with Gasteiger partial charge in [0, 0.05) is 4.47 Å². The van der Waals surface area contributed by atoms with Crippen LogP contribution in [0.5, 0.6) is 0 Å². The molecule has 0 spiro atoms. The van der Waals surface area contributed by atoms with Crippen molar-refractivity contribution in [3.63, 3.8) is 0 Å². The van der Waals surface area contributed by atoms with E-state index in [1.165, 1.54) is 0 Å².